The third-order valence-corrected chi connectivity index (χ3v) is 4.31. The molecular formula is C15H16N4S. The van der Waals surface area contributed by atoms with Crippen molar-refractivity contribution < 1.29 is 0 Å². The van der Waals surface area contributed by atoms with Crippen LogP contribution in [0.1, 0.15) is 17.0 Å². The van der Waals surface area contributed by atoms with E-state index in [0.717, 1.165) is 27.3 Å². The maximum absolute atomic E-state index is 4.58. The quantitative estimate of drug-likeness (QED) is 0.703. The van der Waals surface area contributed by atoms with E-state index in [1.807, 2.05) is 29.9 Å². The Hall–Kier alpha value is -2.14. The van der Waals surface area contributed by atoms with Gasteiger partial charge in [0.15, 0.2) is 0 Å². The topological polar surface area (TPSA) is 45.4 Å². The van der Waals surface area contributed by atoms with Gasteiger partial charge in [-0.2, -0.15) is 5.10 Å². The second kappa shape index (κ2) is 5.09. The molecule has 0 aliphatic heterocycles. The van der Waals surface area contributed by atoms with E-state index in [2.05, 4.69) is 39.5 Å². The van der Waals surface area contributed by atoms with Crippen molar-refractivity contribution in [2.75, 3.05) is 7.05 Å². The molecular weight excluding hydrogens is 268 g/mol. The number of hydrogen-bond donors (Lipinski definition) is 1. The first kappa shape index (κ1) is 12.9. The van der Waals surface area contributed by atoms with Gasteiger partial charge < -0.3 is 4.98 Å². The van der Waals surface area contributed by atoms with Crippen LogP contribution in [0.5, 0.6) is 0 Å². The molecule has 0 fully saturated rings. The average Bonchev–Trinajstić information content (AvgIpc) is 2.96. The Morgan fingerprint density at radius 2 is 2.05 bits per heavy atom. The molecule has 5 heteroatoms. The van der Waals surface area contributed by atoms with Crippen molar-refractivity contribution in [1.82, 2.24) is 9.66 Å². The molecule has 0 aliphatic carbocycles. The molecule has 20 heavy (non-hydrogen) atoms. The molecule has 4 nitrogen and oxygen atoms in total. The Labute approximate surface area is 121 Å². The number of aromatic amines is 1. The molecule has 0 atom stereocenters. The zero-order chi connectivity index (χ0) is 14.1. The van der Waals surface area contributed by atoms with Crippen LogP contribution in [-0.4, -0.2) is 22.9 Å². The normalized spacial score (nSPS) is 12.8. The van der Waals surface area contributed by atoms with Crippen LogP contribution < -0.4 is 4.80 Å². The van der Waals surface area contributed by atoms with Crippen LogP contribution in [0.2, 0.25) is 0 Å². The van der Waals surface area contributed by atoms with E-state index in [0.29, 0.717) is 0 Å². The molecule has 1 N–H and O–H groups in total. The monoisotopic (exact) mass is 284 g/mol. The SMILES string of the molecule is CN=c1scc(C)n1N=Cc1c(C)[nH]c2ccccc12. The van der Waals surface area contributed by atoms with Crippen molar-refractivity contribution in [3.8, 4) is 0 Å². The predicted octanol–water partition coefficient (Wildman–Crippen LogP) is 3.06. The highest BCUT2D eigenvalue weighted by molar-refractivity contribution is 7.07. The highest BCUT2D eigenvalue weighted by Crippen LogP contribution is 2.20. The van der Waals surface area contributed by atoms with Crippen LogP contribution in [0.15, 0.2) is 39.7 Å². The van der Waals surface area contributed by atoms with Crippen LogP contribution in [0.4, 0.5) is 0 Å². The molecule has 0 saturated carbocycles. The van der Waals surface area contributed by atoms with E-state index >= 15 is 0 Å². The smallest absolute Gasteiger partial charge is 0.205 e. The molecule has 0 spiro atoms. The minimum Gasteiger partial charge on any atom is -0.358 e. The van der Waals surface area contributed by atoms with Crippen LogP contribution >= 0.6 is 11.3 Å². The van der Waals surface area contributed by atoms with Gasteiger partial charge in [0.2, 0.25) is 4.80 Å². The molecule has 0 radical (unpaired) electrons. The Bertz CT molecular complexity index is 848. The second-order valence-corrected chi connectivity index (χ2v) is 5.49. The maximum Gasteiger partial charge on any atom is 0.205 e. The molecule has 2 heterocycles. The number of nitrogens with one attached hydrogen (secondary N) is 1. The Morgan fingerprint density at radius 1 is 1.25 bits per heavy atom. The molecule has 3 rings (SSSR count). The standard InChI is InChI=1S/C15H16N4S/c1-10-9-20-15(16-3)19(10)17-8-13-11(2)18-14-7-5-4-6-12(13)14/h4-9,18H,1-3H3. The summed E-state index contributed by atoms with van der Waals surface area (Å²) in [6.45, 7) is 4.10. The molecule has 0 saturated heterocycles. The fourth-order valence-corrected chi connectivity index (χ4v) is 3.03. The summed E-state index contributed by atoms with van der Waals surface area (Å²) in [5.74, 6) is 0. The molecule has 3 aromatic rings. The zero-order valence-electron chi connectivity index (χ0n) is 11.7. The highest BCUT2D eigenvalue weighted by Gasteiger charge is 2.05. The van der Waals surface area contributed by atoms with E-state index in [1.165, 1.54) is 5.39 Å². The fourth-order valence-electron chi connectivity index (χ4n) is 2.26. The minimum absolute atomic E-state index is 0.899. The first-order valence-electron chi connectivity index (χ1n) is 6.42. The van der Waals surface area contributed by atoms with Gasteiger partial charge in [0.25, 0.3) is 0 Å². The molecule has 0 bridgehead atoms. The largest absolute Gasteiger partial charge is 0.358 e. The van der Waals surface area contributed by atoms with Crippen LogP contribution in [0.3, 0.4) is 0 Å². The van der Waals surface area contributed by atoms with Gasteiger partial charge in [-0.15, -0.1) is 11.3 Å². The van der Waals surface area contributed by atoms with Gasteiger partial charge >= 0.3 is 0 Å². The first-order chi connectivity index (χ1) is 9.70. The number of aryl methyl sites for hydroxylation is 2. The van der Waals surface area contributed by atoms with E-state index in [-0.39, 0.29) is 0 Å². The van der Waals surface area contributed by atoms with Crippen molar-refractivity contribution in [2.24, 2.45) is 10.1 Å². The summed E-state index contributed by atoms with van der Waals surface area (Å²) >= 11 is 1.60. The van der Waals surface area contributed by atoms with Gasteiger partial charge in [-0.25, -0.2) is 4.68 Å². The number of fused-ring (bicyclic) bond motifs is 1. The Kier molecular flexibility index (Phi) is 3.28. The highest BCUT2D eigenvalue weighted by atomic mass is 32.1. The average molecular weight is 284 g/mol. The maximum atomic E-state index is 4.58. The summed E-state index contributed by atoms with van der Waals surface area (Å²) in [5, 5.41) is 7.83. The summed E-state index contributed by atoms with van der Waals surface area (Å²) in [4.78, 5) is 8.51. The summed E-state index contributed by atoms with van der Waals surface area (Å²) < 4.78 is 1.87. The Balaban J connectivity index is 2.11. The first-order valence-corrected chi connectivity index (χ1v) is 7.30. The molecule has 0 unspecified atom stereocenters. The predicted molar refractivity (Wildman–Crippen MR) is 84.6 cm³/mol. The summed E-state index contributed by atoms with van der Waals surface area (Å²) in [6.07, 6.45) is 1.91. The number of nitrogens with zero attached hydrogens (tertiary/aromatic N) is 3. The Morgan fingerprint density at radius 3 is 2.85 bits per heavy atom. The summed E-state index contributed by atoms with van der Waals surface area (Å²) in [6, 6.07) is 8.26. The molecule has 0 amide bonds. The summed E-state index contributed by atoms with van der Waals surface area (Å²) in [5.41, 5.74) is 4.47. The molecule has 102 valence electrons. The summed E-state index contributed by atoms with van der Waals surface area (Å²) in [7, 11) is 1.79. The number of rotatable bonds is 2. The second-order valence-electron chi connectivity index (χ2n) is 4.65. The zero-order valence-corrected chi connectivity index (χ0v) is 12.5. The van der Waals surface area contributed by atoms with E-state index in [1.54, 1.807) is 18.4 Å². The fraction of sp³-hybridized carbons (Fsp3) is 0.200. The number of H-pyrrole nitrogens is 1. The van der Waals surface area contributed by atoms with Crippen molar-refractivity contribution in [2.45, 2.75) is 13.8 Å². The van der Waals surface area contributed by atoms with Gasteiger partial charge in [0.1, 0.15) is 0 Å². The van der Waals surface area contributed by atoms with Gasteiger partial charge in [-0.1, -0.05) is 18.2 Å². The molecule has 2 aromatic heterocycles. The van der Waals surface area contributed by atoms with Crippen LogP contribution in [0.25, 0.3) is 10.9 Å². The van der Waals surface area contributed by atoms with E-state index in [9.17, 15) is 0 Å². The van der Waals surface area contributed by atoms with Crippen molar-refractivity contribution >= 4 is 28.5 Å². The van der Waals surface area contributed by atoms with Crippen LogP contribution in [-0.2, 0) is 0 Å². The van der Waals surface area contributed by atoms with Gasteiger partial charge in [0.05, 0.1) is 11.9 Å². The number of aromatic nitrogens is 2. The van der Waals surface area contributed by atoms with Gasteiger partial charge in [-0.3, -0.25) is 4.99 Å². The lowest BCUT2D eigenvalue weighted by atomic mass is 10.1. The molecule has 1 aromatic carbocycles. The minimum atomic E-state index is 0.899. The number of benzene rings is 1. The lowest BCUT2D eigenvalue weighted by Gasteiger charge is -1.97. The number of hydrogen-bond acceptors (Lipinski definition) is 3. The van der Waals surface area contributed by atoms with E-state index < -0.39 is 0 Å². The van der Waals surface area contributed by atoms with Crippen molar-refractivity contribution in [1.29, 1.82) is 0 Å². The third kappa shape index (κ3) is 2.10. The van der Waals surface area contributed by atoms with Crippen molar-refractivity contribution in [3.63, 3.8) is 0 Å². The number of para-hydroxylation sites is 1. The third-order valence-electron chi connectivity index (χ3n) is 3.29. The number of thiazole rings is 1. The van der Waals surface area contributed by atoms with E-state index in [4.69, 9.17) is 0 Å². The van der Waals surface area contributed by atoms with Crippen molar-refractivity contribution in [3.05, 3.63) is 51.4 Å². The van der Waals surface area contributed by atoms with Gasteiger partial charge in [-0.05, 0) is 19.9 Å². The van der Waals surface area contributed by atoms with Gasteiger partial charge in [0, 0.05) is 34.6 Å². The lowest BCUT2D eigenvalue weighted by Crippen LogP contribution is -2.11. The lowest BCUT2D eigenvalue weighted by molar-refractivity contribution is 0.805. The molecule has 0 aliphatic rings. The van der Waals surface area contributed by atoms with Crippen LogP contribution in [0, 0.1) is 13.8 Å².